The molecule has 2 aromatic rings. The molecule has 0 saturated carbocycles. The summed E-state index contributed by atoms with van der Waals surface area (Å²) in [5, 5.41) is 8.83. The lowest BCUT2D eigenvalue weighted by Gasteiger charge is -2.23. The minimum Gasteiger partial charge on any atom is -0.371 e. The third-order valence-electron chi connectivity index (χ3n) is 4.29. The van der Waals surface area contributed by atoms with E-state index in [9.17, 15) is 4.79 Å². The Morgan fingerprint density at radius 2 is 2.30 bits per heavy atom. The lowest BCUT2D eigenvalue weighted by atomic mass is 9.97. The Balaban J connectivity index is 1.38. The SMILES string of the molecule is O=C(c1csnn1)N1CCC2(CC(Nc3ncccn3)CO2)C1. The summed E-state index contributed by atoms with van der Waals surface area (Å²) in [6.45, 7) is 1.88. The number of rotatable bonds is 3. The number of likely N-dealkylation sites (tertiary alicyclic amines) is 1. The molecule has 8 nitrogen and oxygen atoms in total. The monoisotopic (exact) mass is 332 g/mol. The number of carbonyl (C=O) groups excluding carboxylic acids is 1. The van der Waals surface area contributed by atoms with E-state index in [0.29, 0.717) is 31.3 Å². The molecule has 9 heteroatoms. The molecule has 1 spiro atoms. The molecule has 2 saturated heterocycles. The van der Waals surface area contributed by atoms with Gasteiger partial charge in [-0.2, -0.15) is 0 Å². The molecule has 23 heavy (non-hydrogen) atoms. The van der Waals surface area contributed by atoms with Crippen LogP contribution in [0.1, 0.15) is 23.3 Å². The molecular weight excluding hydrogens is 316 g/mol. The molecule has 2 atom stereocenters. The number of aromatic nitrogens is 4. The molecule has 1 N–H and O–H groups in total. The average Bonchev–Trinajstić information content (AvgIpc) is 3.31. The topological polar surface area (TPSA) is 93.1 Å². The summed E-state index contributed by atoms with van der Waals surface area (Å²) in [4.78, 5) is 22.5. The second-order valence-electron chi connectivity index (χ2n) is 5.88. The predicted molar refractivity (Wildman–Crippen MR) is 83.2 cm³/mol. The van der Waals surface area contributed by atoms with Gasteiger partial charge in [0.25, 0.3) is 5.91 Å². The van der Waals surface area contributed by atoms with Gasteiger partial charge in [-0.1, -0.05) is 4.49 Å². The summed E-state index contributed by atoms with van der Waals surface area (Å²) in [7, 11) is 0. The summed E-state index contributed by atoms with van der Waals surface area (Å²) in [5.41, 5.74) is 0.142. The van der Waals surface area contributed by atoms with Gasteiger partial charge in [0.05, 0.1) is 24.8 Å². The molecule has 0 bridgehead atoms. The number of nitrogens with zero attached hydrogens (tertiary/aromatic N) is 5. The van der Waals surface area contributed by atoms with E-state index in [4.69, 9.17) is 4.74 Å². The Kier molecular flexibility index (Phi) is 3.66. The Hall–Kier alpha value is -2.13. The average molecular weight is 332 g/mol. The molecule has 4 rings (SSSR count). The van der Waals surface area contributed by atoms with Crippen molar-refractivity contribution in [3.8, 4) is 0 Å². The van der Waals surface area contributed by atoms with Gasteiger partial charge in [-0.05, 0) is 24.0 Å². The fourth-order valence-electron chi connectivity index (χ4n) is 3.22. The molecule has 4 heterocycles. The Morgan fingerprint density at radius 3 is 3.09 bits per heavy atom. The third-order valence-corrected chi connectivity index (χ3v) is 4.80. The zero-order chi connectivity index (χ0) is 15.7. The predicted octanol–water partition coefficient (Wildman–Crippen LogP) is 0.814. The van der Waals surface area contributed by atoms with Crippen LogP contribution in [-0.2, 0) is 4.74 Å². The van der Waals surface area contributed by atoms with Crippen LogP contribution in [0.4, 0.5) is 5.95 Å². The number of ether oxygens (including phenoxy) is 1. The van der Waals surface area contributed by atoms with E-state index in [1.807, 2.05) is 0 Å². The summed E-state index contributed by atoms with van der Waals surface area (Å²) >= 11 is 1.19. The van der Waals surface area contributed by atoms with Gasteiger partial charge in [0.1, 0.15) is 0 Å². The highest BCUT2D eigenvalue weighted by molar-refractivity contribution is 7.03. The van der Waals surface area contributed by atoms with E-state index in [1.54, 1.807) is 28.7 Å². The lowest BCUT2D eigenvalue weighted by molar-refractivity contribution is 0.0124. The number of amides is 1. The van der Waals surface area contributed by atoms with Crippen molar-refractivity contribution < 1.29 is 9.53 Å². The number of anilines is 1. The van der Waals surface area contributed by atoms with Crippen LogP contribution >= 0.6 is 11.5 Å². The maximum atomic E-state index is 12.4. The third kappa shape index (κ3) is 2.89. The smallest absolute Gasteiger partial charge is 0.275 e. The number of nitrogens with one attached hydrogen (secondary N) is 1. The molecule has 2 aromatic heterocycles. The van der Waals surface area contributed by atoms with Gasteiger partial charge in [-0.25, -0.2) is 9.97 Å². The van der Waals surface area contributed by atoms with Crippen molar-refractivity contribution in [2.75, 3.05) is 25.0 Å². The zero-order valence-corrected chi connectivity index (χ0v) is 13.2. The van der Waals surface area contributed by atoms with Crippen LogP contribution in [0.15, 0.2) is 23.8 Å². The van der Waals surface area contributed by atoms with E-state index in [-0.39, 0.29) is 17.6 Å². The van der Waals surface area contributed by atoms with Crippen LogP contribution in [0.2, 0.25) is 0 Å². The highest BCUT2D eigenvalue weighted by atomic mass is 32.1. The van der Waals surface area contributed by atoms with Crippen molar-refractivity contribution >= 4 is 23.4 Å². The Labute approximate surface area is 137 Å². The van der Waals surface area contributed by atoms with Gasteiger partial charge in [-0.15, -0.1) is 5.10 Å². The summed E-state index contributed by atoms with van der Waals surface area (Å²) in [6, 6.07) is 1.94. The second-order valence-corrected chi connectivity index (χ2v) is 6.49. The van der Waals surface area contributed by atoms with Crippen LogP contribution in [0.3, 0.4) is 0 Å². The Bertz CT molecular complexity index is 682. The summed E-state index contributed by atoms with van der Waals surface area (Å²) < 4.78 is 9.79. The first-order valence-corrected chi connectivity index (χ1v) is 8.32. The molecular formula is C14H16N6O2S. The van der Waals surface area contributed by atoms with Crippen molar-refractivity contribution in [2.24, 2.45) is 0 Å². The first-order chi connectivity index (χ1) is 11.2. The number of hydrogen-bond acceptors (Lipinski definition) is 8. The van der Waals surface area contributed by atoms with Crippen LogP contribution in [0.25, 0.3) is 0 Å². The van der Waals surface area contributed by atoms with Gasteiger partial charge in [0.15, 0.2) is 5.69 Å². The fraction of sp³-hybridized carbons (Fsp3) is 0.500. The first-order valence-electron chi connectivity index (χ1n) is 7.48. The van der Waals surface area contributed by atoms with Crippen LogP contribution in [0.5, 0.6) is 0 Å². The van der Waals surface area contributed by atoms with Gasteiger partial charge < -0.3 is 15.0 Å². The van der Waals surface area contributed by atoms with Gasteiger partial charge in [0, 0.05) is 30.7 Å². The van der Waals surface area contributed by atoms with E-state index in [1.165, 1.54) is 11.5 Å². The van der Waals surface area contributed by atoms with Crippen LogP contribution in [-0.4, -0.2) is 61.7 Å². The maximum Gasteiger partial charge on any atom is 0.275 e. The van der Waals surface area contributed by atoms with E-state index in [2.05, 4.69) is 24.9 Å². The van der Waals surface area contributed by atoms with Gasteiger partial charge in [0.2, 0.25) is 5.95 Å². The van der Waals surface area contributed by atoms with E-state index in [0.717, 1.165) is 12.8 Å². The molecule has 0 radical (unpaired) electrons. The molecule has 2 fully saturated rings. The molecule has 120 valence electrons. The quantitative estimate of drug-likeness (QED) is 0.889. The molecule has 0 aliphatic carbocycles. The van der Waals surface area contributed by atoms with Crippen molar-refractivity contribution in [1.29, 1.82) is 0 Å². The maximum absolute atomic E-state index is 12.4. The van der Waals surface area contributed by atoms with Crippen molar-refractivity contribution in [3.63, 3.8) is 0 Å². The number of carbonyl (C=O) groups is 1. The van der Waals surface area contributed by atoms with Gasteiger partial charge >= 0.3 is 0 Å². The highest BCUT2D eigenvalue weighted by Crippen LogP contribution is 2.36. The largest absolute Gasteiger partial charge is 0.371 e. The lowest BCUT2D eigenvalue weighted by Crippen LogP contribution is -2.36. The highest BCUT2D eigenvalue weighted by Gasteiger charge is 2.47. The molecule has 2 unspecified atom stereocenters. The zero-order valence-electron chi connectivity index (χ0n) is 12.4. The Morgan fingerprint density at radius 1 is 1.43 bits per heavy atom. The van der Waals surface area contributed by atoms with E-state index >= 15 is 0 Å². The van der Waals surface area contributed by atoms with Crippen molar-refractivity contribution in [3.05, 3.63) is 29.5 Å². The molecule has 1 amide bonds. The fourth-order valence-corrected chi connectivity index (χ4v) is 3.65. The summed E-state index contributed by atoms with van der Waals surface area (Å²) in [5.74, 6) is 0.541. The summed E-state index contributed by atoms with van der Waals surface area (Å²) in [6.07, 6.45) is 5.09. The van der Waals surface area contributed by atoms with Crippen molar-refractivity contribution in [1.82, 2.24) is 24.5 Å². The molecule has 2 aliphatic rings. The van der Waals surface area contributed by atoms with Gasteiger partial charge in [-0.3, -0.25) is 4.79 Å². The minimum atomic E-state index is -0.272. The molecule has 2 aliphatic heterocycles. The van der Waals surface area contributed by atoms with Crippen molar-refractivity contribution in [2.45, 2.75) is 24.5 Å². The van der Waals surface area contributed by atoms with E-state index < -0.39 is 0 Å². The second kappa shape index (κ2) is 5.82. The van der Waals surface area contributed by atoms with Crippen LogP contribution < -0.4 is 5.32 Å². The minimum absolute atomic E-state index is 0.0676. The standard InChI is InChI=1S/C14H16N6O2S/c21-12(11-8-23-19-18-11)20-5-2-14(9-20)6-10(7-22-14)17-13-15-3-1-4-16-13/h1,3-4,8,10H,2,5-7,9H2,(H,15,16,17). The normalized spacial score (nSPS) is 26.8. The number of hydrogen-bond donors (Lipinski definition) is 1. The first kappa shape index (κ1) is 14.5. The van der Waals surface area contributed by atoms with Crippen LogP contribution in [0, 0.1) is 0 Å². The molecule has 0 aromatic carbocycles.